The molecule has 0 fully saturated rings. The highest BCUT2D eigenvalue weighted by atomic mass is 32.1. The molecule has 0 N–H and O–H groups in total. The predicted octanol–water partition coefficient (Wildman–Crippen LogP) is 15.1. The first-order chi connectivity index (χ1) is 31.3. The summed E-state index contributed by atoms with van der Waals surface area (Å²) in [5, 5.41) is 7.22. The molecule has 0 atom stereocenters. The minimum absolute atomic E-state index is 0.590. The van der Waals surface area contributed by atoms with Crippen LogP contribution in [0.2, 0.25) is 0 Å². The predicted molar refractivity (Wildman–Crippen MR) is 263 cm³/mol. The lowest BCUT2D eigenvalue weighted by Crippen LogP contribution is -2.09. The number of para-hydroxylation sites is 4. The Morgan fingerprint density at radius 1 is 0.317 bits per heavy atom. The highest BCUT2D eigenvalue weighted by Crippen LogP contribution is 2.47. The molecule has 9 aromatic carbocycles. The third-order valence-corrected chi connectivity index (χ3v) is 13.5. The fourth-order valence-electron chi connectivity index (χ4n) is 9.61. The van der Waals surface area contributed by atoms with E-state index in [-0.39, 0.29) is 0 Å². The van der Waals surface area contributed by atoms with Gasteiger partial charge < -0.3 is 9.13 Å². The van der Waals surface area contributed by atoms with Gasteiger partial charge in [-0.3, -0.25) is 0 Å². The highest BCUT2D eigenvalue weighted by Gasteiger charge is 2.28. The first-order valence-electron chi connectivity index (χ1n) is 21.2. The number of thiophene rings is 1. The summed E-state index contributed by atoms with van der Waals surface area (Å²) < 4.78 is 7.41. The maximum atomic E-state index is 5.52. The van der Waals surface area contributed by atoms with E-state index in [1.54, 1.807) is 0 Å². The first kappa shape index (κ1) is 35.6. The summed E-state index contributed by atoms with van der Waals surface area (Å²) in [5.41, 5.74) is 11.3. The molecule has 13 rings (SSSR count). The van der Waals surface area contributed by atoms with E-state index in [4.69, 9.17) is 15.0 Å². The van der Waals surface area contributed by atoms with Crippen molar-refractivity contribution in [3.8, 4) is 56.7 Å². The van der Waals surface area contributed by atoms with E-state index in [1.165, 1.54) is 41.7 Å². The van der Waals surface area contributed by atoms with Gasteiger partial charge in [-0.05, 0) is 59.7 Å². The molecule has 0 aliphatic carbocycles. The Balaban J connectivity index is 1.25. The lowest BCUT2D eigenvalue weighted by Gasteiger charge is -2.23. The van der Waals surface area contributed by atoms with Crippen LogP contribution in [0.1, 0.15) is 0 Å². The SMILES string of the molecule is c1ccc(-c2nc(-c3ccccc3)nc(-c3c(-c4ccc5sc6ccccc6c5c4)ccc(-n4c5ccccc5c5ccccc54)c3-n3c4ccccc4c4ccccc43)n2)cc1. The van der Waals surface area contributed by atoms with Crippen molar-refractivity contribution in [2.45, 2.75) is 0 Å². The van der Waals surface area contributed by atoms with E-state index >= 15 is 0 Å². The molecule has 0 saturated heterocycles. The van der Waals surface area contributed by atoms with Crippen LogP contribution in [-0.2, 0) is 0 Å². The van der Waals surface area contributed by atoms with Crippen LogP contribution in [0.15, 0.2) is 212 Å². The molecule has 0 saturated carbocycles. The number of aromatic nitrogens is 5. The van der Waals surface area contributed by atoms with Gasteiger partial charge in [0.2, 0.25) is 0 Å². The Morgan fingerprint density at radius 2 is 0.762 bits per heavy atom. The Morgan fingerprint density at radius 3 is 1.32 bits per heavy atom. The second kappa shape index (κ2) is 14.2. The molecular weight excluding hydrogens is 787 g/mol. The summed E-state index contributed by atoms with van der Waals surface area (Å²) in [6.07, 6.45) is 0. The second-order valence-corrected chi connectivity index (χ2v) is 17.0. The maximum Gasteiger partial charge on any atom is 0.166 e. The Kier molecular flexibility index (Phi) is 8.01. The van der Waals surface area contributed by atoms with E-state index in [0.29, 0.717) is 17.5 Å². The van der Waals surface area contributed by atoms with E-state index in [1.807, 2.05) is 47.7 Å². The number of hydrogen-bond donors (Lipinski definition) is 0. The normalized spacial score (nSPS) is 11.8. The summed E-state index contributed by atoms with van der Waals surface area (Å²) >= 11 is 1.83. The van der Waals surface area contributed by atoms with Gasteiger partial charge in [0.15, 0.2) is 17.5 Å². The first-order valence-corrected chi connectivity index (χ1v) is 22.0. The number of hydrogen-bond acceptors (Lipinski definition) is 4. The Hall–Kier alpha value is -8.19. The number of nitrogens with zero attached hydrogens (tertiary/aromatic N) is 5. The fourth-order valence-corrected chi connectivity index (χ4v) is 10.7. The van der Waals surface area contributed by atoms with Crippen molar-refractivity contribution in [3.05, 3.63) is 212 Å². The van der Waals surface area contributed by atoms with Crippen LogP contribution in [0.5, 0.6) is 0 Å². The summed E-state index contributed by atoms with van der Waals surface area (Å²) in [6, 6.07) is 75.7. The summed E-state index contributed by atoms with van der Waals surface area (Å²) in [7, 11) is 0. The van der Waals surface area contributed by atoms with E-state index in [9.17, 15) is 0 Å². The molecule has 0 amide bonds. The minimum Gasteiger partial charge on any atom is -0.307 e. The van der Waals surface area contributed by atoms with Crippen molar-refractivity contribution in [2.24, 2.45) is 0 Å². The smallest absolute Gasteiger partial charge is 0.166 e. The van der Waals surface area contributed by atoms with Gasteiger partial charge in [0.25, 0.3) is 0 Å². The highest BCUT2D eigenvalue weighted by molar-refractivity contribution is 7.25. The van der Waals surface area contributed by atoms with E-state index in [2.05, 4.69) is 185 Å². The average Bonchev–Trinajstić information content (AvgIpc) is 4.01. The fraction of sp³-hybridized carbons (Fsp3) is 0. The van der Waals surface area contributed by atoms with Crippen LogP contribution in [0, 0.1) is 0 Å². The van der Waals surface area contributed by atoms with Gasteiger partial charge in [-0.15, -0.1) is 11.3 Å². The van der Waals surface area contributed by atoms with Crippen molar-refractivity contribution in [3.63, 3.8) is 0 Å². The third-order valence-electron chi connectivity index (χ3n) is 12.4. The van der Waals surface area contributed by atoms with Gasteiger partial charge in [-0.25, -0.2) is 15.0 Å². The molecule has 0 unspecified atom stereocenters. The van der Waals surface area contributed by atoms with Gasteiger partial charge in [-0.1, -0.05) is 164 Å². The molecule has 0 spiro atoms. The number of fused-ring (bicyclic) bond motifs is 9. The third kappa shape index (κ3) is 5.59. The van der Waals surface area contributed by atoms with Gasteiger partial charge in [-0.2, -0.15) is 0 Å². The largest absolute Gasteiger partial charge is 0.307 e. The molecule has 4 aromatic heterocycles. The van der Waals surface area contributed by atoms with Crippen LogP contribution in [0.3, 0.4) is 0 Å². The number of benzene rings is 9. The monoisotopic (exact) mass is 821 g/mol. The average molecular weight is 822 g/mol. The molecule has 0 aliphatic rings. The molecule has 5 nitrogen and oxygen atoms in total. The summed E-state index contributed by atoms with van der Waals surface area (Å²) in [4.78, 5) is 16.2. The molecule has 0 bridgehead atoms. The Labute approximate surface area is 366 Å². The topological polar surface area (TPSA) is 48.5 Å². The van der Waals surface area contributed by atoms with Crippen molar-refractivity contribution >= 4 is 75.1 Å². The van der Waals surface area contributed by atoms with E-state index < -0.39 is 0 Å². The zero-order valence-electron chi connectivity index (χ0n) is 33.9. The van der Waals surface area contributed by atoms with Crippen molar-refractivity contribution in [1.29, 1.82) is 0 Å². The maximum absolute atomic E-state index is 5.52. The van der Waals surface area contributed by atoms with E-state index in [0.717, 1.165) is 61.3 Å². The molecule has 6 heteroatoms. The van der Waals surface area contributed by atoms with Gasteiger partial charge in [0.1, 0.15) is 0 Å². The van der Waals surface area contributed by atoms with Crippen LogP contribution in [0.4, 0.5) is 0 Å². The van der Waals surface area contributed by atoms with Crippen LogP contribution >= 0.6 is 11.3 Å². The van der Waals surface area contributed by atoms with Crippen molar-refractivity contribution < 1.29 is 0 Å². The number of rotatable bonds is 6. The molecule has 294 valence electrons. The zero-order valence-corrected chi connectivity index (χ0v) is 34.7. The molecule has 63 heavy (non-hydrogen) atoms. The van der Waals surface area contributed by atoms with Gasteiger partial charge in [0.05, 0.1) is 39.0 Å². The van der Waals surface area contributed by atoms with Crippen LogP contribution in [-0.4, -0.2) is 24.1 Å². The lowest BCUT2D eigenvalue weighted by molar-refractivity contribution is 1.05. The quantitative estimate of drug-likeness (QED) is 0.168. The molecule has 0 aliphatic heterocycles. The van der Waals surface area contributed by atoms with Gasteiger partial charge >= 0.3 is 0 Å². The van der Waals surface area contributed by atoms with Crippen LogP contribution < -0.4 is 0 Å². The van der Waals surface area contributed by atoms with Crippen LogP contribution in [0.25, 0.3) is 120 Å². The lowest BCUT2D eigenvalue weighted by atomic mass is 9.94. The molecule has 13 aromatic rings. The van der Waals surface area contributed by atoms with Crippen molar-refractivity contribution in [1.82, 2.24) is 24.1 Å². The van der Waals surface area contributed by atoms with Crippen molar-refractivity contribution in [2.75, 3.05) is 0 Å². The molecule has 4 heterocycles. The Bertz CT molecular complexity index is 3750. The van der Waals surface area contributed by atoms with Gasteiger partial charge in [0, 0.05) is 52.8 Å². The zero-order chi connectivity index (χ0) is 41.4. The molecular formula is C57H35N5S. The summed E-state index contributed by atoms with van der Waals surface area (Å²) in [6.45, 7) is 0. The second-order valence-electron chi connectivity index (χ2n) is 15.9. The molecule has 0 radical (unpaired) electrons. The minimum atomic E-state index is 0.590. The standard InChI is InChI=1S/C57H35N5S/c1-3-17-36(18-4-1)55-58-56(37-19-5-2-6-20-37)60-57(59-55)53-39(38-31-34-52-45(35-38)44-25-11-16-30-51(44)63-52)32-33-50(61-46-26-12-7-21-40(46)41-22-8-13-27-47(41)61)54(53)62-48-28-14-9-23-42(48)43-24-10-15-29-49(43)62/h1-35H. The summed E-state index contributed by atoms with van der Waals surface area (Å²) in [5.74, 6) is 1.81.